The quantitative estimate of drug-likeness (QED) is 0.520. The summed E-state index contributed by atoms with van der Waals surface area (Å²) in [4.78, 5) is 3.63. The first-order valence-corrected chi connectivity index (χ1v) is 6.64. The molecule has 0 aromatic heterocycles. The highest BCUT2D eigenvalue weighted by atomic mass is 32.1. The minimum Gasteiger partial charge on any atom is -0.363 e. The zero-order valence-corrected chi connectivity index (χ0v) is 10.3. The van der Waals surface area contributed by atoms with Crippen LogP contribution in [0.2, 0.25) is 0 Å². The molecular weight excluding hydrogens is 202 g/mol. The summed E-state index contributed by atoms with van der Waals surface area (Å²) in [5, 5.41) is 0. The maximum absolute atomic E-state index is 5.50. The average Bonchev–Trinajstić information content (AvgIpc) is 2.28. The van der Waals surface area contributed by atoms with Gasteiger partial charge in [-0.3, -0.25) is 0 Å². The van der Waals surface area contributed by atoms with Crippen LogP contribution < -0.4 is 0 Å². The van der Waals surface area contributed by atoms with Crippen molar-refractivity contribution in [3.8, 4) is 0 Å². The van der Waals surface area contributed by atoms with Crippen LogP contribution in [0.25, 0.3) is 0 Å². The van der Waals surface area contributed by atoms with E-state index in [1.807, 2.05) is 6.08 Å². The van der Waals surface area contributed by atoms with Gasteiger partial charge in [-0.1, -0.05) is 31.1 Å². The molecular formula is C13H21NS. The topological polar surface area (TPSA) is 3.24 Å². The predicted octanol–water partition coefficient (Wildman–Crippen LogP) is 3.54. The lowest BCUT2D eigenvalue weighted by Gasteiger charge is -2.45. The lowest BCUT2D eigenvalue weighted by atomic mass is 9.78. The van der Waals surface area contributed by atoms with Crippen molar-refractivity contribution in [3.63, 3.8) is 0 Å². The number of hydrogen-bond acceptors (Lipinski definition) is 1. The maximum atomic E-state index is 5.50. The molecule has 1 saturated heterocycles. The van der Waals surface area contributed by atoms with Gasteiger partial charge >= 0.3 is 0 Å². The monoisotopic (exact) mass is 223 g/mol. The first kappa shape index (κ1) is 11.1. The van der Waals surface area contributed by atoms with E-state index in [0.717, 1.165) is 23.4 Å². The molecule has 0 radical (unpaired) electrons. The third-order valence-electron chi connectivity index (χ3n) is 3.88. The summed E-state index contributed by atoms with van der Waals surface area (Å²) >= 11 is 5.50. The number of thiocarbonyl (C=S) groups is 1. The summed E-state index contributed by atoms with van der Waals surface area (Å²) in [6.45, 7) is 4.97. The standard InChI is InChI=1S/C13H21NS/c1-2-6-13(15)14-10-5-8-11-7-3-4-9-12(11)14/h2,11-12H,1,3-10H2/t11-,12-/m1/s1. The van der Waals surface area contributed by atoms with Gasteiger partial charge in [0.2, 0.25) is 0 Å². The highest BCUT2D eigenvalue weighted by Crippen LogP contribution is 2.35. The zero-order chi connectivity index (χ0) is 10.7. The first-order chi connectivity index (χ1) is 7.33. The van der Waals surface area contributed by atoms with Gasteiger partial charge in [0.15, 0.2) is 0 Å². The van der Waals surface area contributed by atoms with Gasteiger partial charge in [0.1, 0.15) is 0 Å². The van der Waals surface area contributed by atoms with Crippen LogP contribution in [-0.2, 0) is 0 Å². The van der Waals surface area contributed by atoms with Crippen molar-refractivity contribution in [1.29, 1.82) is 0 Å². The summed E-state index contributed by atoms with van der Waals surface area (Å²) in [5.74, 6) is 0.926. The van der Waals surface area contributed by atoms with E-state index in [1.165, 1.54) is 45.1 Å². The number of hydrogen-bond donors (Lipinski definition) is 0. The van der Waals surface area contributed by atoms with Crippen LogP contribution >= 0.6 is 12.2 Å². The molecule has 0 bridgehead atoms. The van der Waals surface area contributed by atoms with E-state index in [1.54, 1.807) is 0 Å². The second-order valence-electron chi connectivity index (χ2n) is 4.83. The summed E-state index contributed by atoms with van der Waals surface area (Å²) in [6.07, 6.45) is 11.2. The molecule has 1 aliphatic carbocycles. The fourth-order valence-electron chi connectivity index (χ4n) is 3.18. The van der Waals surface area contributed by atoms with Crippen LogP contribution in [0.1, 0.15) is 44.9 Å². The Labute approximate surface area is 98.5 Å². The molecule has 0 N–H and O–H groups in total. The predicted molar refractivity (Wildman–Crippen MR) is 69.1 cm³/mol. The van der Waals surface area contributed by atoms with Crippen molar-refractivity contribution in [1.82, 2.24) is 4.90 Å². The van der Waals surface area contributed by atoms with E-state index >= 15 is 0 Å². The molecule has 84 valence electrons. The average molecular weight is 223 g/mol. The number of piperidine rings is 1. The van der Waals surface area contributed by atoms with E-state index in [-0.39, 0.29) is 0 Å². The molecule has 0 aromatic carbocycles. The van der Waals surface area contributed by atoms with Crippen molar-refractivity contribution in [3.05, 3.63) is 12.7 Å². The smallest absolute Gasteiger partial charge is 0.0819 e. The van der Waals surface area contributed by atoms with E-state index < -0.39 is 0 Å². The highest BCUT2D eigenvalue weighted by Gasteiger charge is 2.33. The van der Waals surface area contributed by atoms with Gasteiger partial charge in [-0.05, 0) is 31.6 Å². The zero-order valence-electron chi connectivity index (χ0n) is 9.45. The molecule has 0 spiro atoms. The van der Waals surface area contributed by atoms with Crippen LogP contribution in [0, 0.1) is 5.92 Å². The van der Waals surface area contributed by atoms with Gasteiger partial charge < -0.3 is 4.90 Å². The van der Waals surface area contributed by atoms with Gasteiger partial charge in [0.25, 0.3) is 0 Å². The fourth-order valence-corrected chi connectivity index (χ4v) is 3.52. The fraction of sp³-hybridized carbons (Fsp3) is 0.769. The van der Waals surface area contributed by atoms with Crippen molar-refractivity contribution in [2.75, 3.05) is 6.54 Å². The third-order valence-corrected chi connectivity index (χ3v) is 4.28. The molecule has 15 heavy (non-hydrogen) atoms. The van der Waals surface area contributed by atoms with E-state index in [4.69, 9.17) is 12.2 Å². The number of fused-ring (bicyclic) bond motifs is 1. The molecule has 0 aromatic rings. The molecule has 2 aliphatic rings. The summed E-state index contributed by atoms with van der Waals surface area (Å²) in [5.41, 5.74) is 0. The molecule has 1 saturated carbocycles. The van der Waals surface area contributed by atoms with Crippen molar-refractivity contribution < 1.29 is 0 Å². The Bertz CT molecular complexity index is 247. The second-order valence-corrected chi connectivity index (χ2v) is 5.31. The normalized spacial score (nSPS) is 30.8. The first-order valence-electron chi connectivity index (χ1n) is 6.23. The van der Waals surface area contributed by atoms with Gasteiger partial charge in [-0.2, -0.15) is 0 Å². The summed E-state index contributed by atoms with van der Waals surface area (Å²) in [6, 6.07) is 0.764. The lowest BCUT2D eigenvalue weighted by Crippen LogP contribution is -2.48. The number of rotatable bonds is 2. The van der Waals surface area contributed by atoms with E-state index in [9.17, 15) is 0 Å². The summed E-state index contributed by atoms with van der Waals surface area (Å²) in [7, 11) is 0. The molecule has 2 atom stereocenters. The lowest BCUT2D eigenvalue weighted by molar-refractivity contribution is 0.120. The third kappa shape index (κ3) is 2.41. The molecule has 2 heteroatoms. The van der Waals surface area contributed by atoms with Gasteiger partial charge in [-0.25, -0.2) is 0 Å². The van der Waals surface area contributed by atoms with E-state index in [2.05, 4.69) is 11.5 Å². The Kier molecular flexibility index (Phi) is 3.79. The summed E-state index contributed by atoms with van der Waals surface area (Å²) < 4.78 is 0. The number of nitrogens with zero attached hydrogens (tertiary/aromatic N) is 1. The molecule has 1 aliphatic heterocycles. The number of likely N-dealkylation sites (tertiary alicyclic amines) is 1. The largest absolute Gasteiger partial charge is 0.363 e. The highest BCUT2D eigenvalue weighted by molar-refractivity contribution is 7.80. The van der Waals surface area contributed by atoms with Crippen molar-refractivity contribution in [2.24, 2.45) is 5.92 Å². The van der Waals surface area contributed by atoms with Crippen LogP contribution in [0.4, 0.5) is 0 Å². The van der Waals surface area contributed by atoms with E-state index in [0.29, 0.717) is 0 Å². The molecule has 1 nitrogen and oxygen atoms in total. The van der Waals surface area contributed by atoms with Gasteiger partial charge in [-0.15, -0.1) is 6.58 Å². The molecule has 0 amide bonds. The van der Waals surface area contributed by atoms with Crippen LogP contribution in [0.5, 0.6) is 0 Å². The Hall–Kier alpha value is -0.370. The van der Waals surface area contributed by atoms with Crippen LogP contribution in [-0.4, -0.2) is 22.5 Å². The Morgan fingerprint density at radius 1 is 1.27 bits per heavy atom. The van der Waals surface area contributed by atoms with Gasteiger partial charge in [0, 0.05) is 19.0 Å². The SMILES string of the molecule is C=CCC(=S)N1CCC[C@H]2CCCC[C@H]21. The second kappa shape index (κ2) is 5.11. The Balaban J connectivity index is 2.02. The van der Waals surface area contributed by atoms with Crippen LogP contribution in [0.15, 0.2) is 12.7 Å². The van der Waals surface area contributed by atoms with Crippen molar-refractivity contribution in [2.45, 2.75) is 51.0 Å². The molecule has 2 rings (SSSR count). The maximum Gasteiger partial charge on any atom is 0.0819 e. The molecule has 2 fully saturated rings. The van der Waals surface area contributed by atoms with Crippen molar-refractivity contribution >= 4 is 17.2 Å². The molecule has 0 unspecified atom stereocenters. The Morgan fingerprint density at radius 3 is 2.80 bits per heavy atom. The minimum absolute atomic E-state index is 0.764. The molecule has 1 heterocycles. The van der Waals surface area contributed by atoms with Gasteiger partial charge in [0.05, 0.1) is 4.99 Å². The minimum atomic E-state index is 0.764. The van der Waals surface area contributed by atoms with Crippen LogP contribution in [0.3, 0.4) is 0 Å². The Morgan fingerprint density at radius 2 is 2.00 bits per heavy atom.